The number of hydrogen-bond donors (Lipinski definition) is 1. The molecule has 0 aliphatic heterocycles. The van der Waals surface area contributed by atoms with E-state index in [2.05, 4.69) is 20.4 Å². The molecule has 0 heterocycles. The Morgan fingerprint density at radius 1 is 1.27 bits per heavy atom. The van der Waals surface area contributed by atoms with Crippen molar-refractivity contribution >= 4 is 5.78 Å². The molecule has 0 amide bonds. The molecule has 0 aromatic heterocycles. The highest BCUT2D eigenvalue weighted by atomic mass is 16.3. The van der Waals surface area contributed by atoms with E-state index in [9.17, 15) is 9.90 Å². The van der Waals surface area contributed by atoms with Crippen LogP contribution in [0.15, 0.2) is 12.2 Å². The lowest BCUT2D eigenvalue weighted by molar-refractivity contribution is -0.133. The zero-order chi connectivity index (χ0) is 16.2. The zero-order valence-electron chi connectivity index (χ0n) is 14.6. The van der Waals surface area contributed by atoms with Gasteiger partial charge in [0.25, 0.3) is 0 Å². The van der Waals surface area contributed by atoms with Gasteiger partial charge in [0.15, 0.2) is 0 Å². The van der Waals surface area contributed by atoms with Gasteiger partial charge in [-0.1, -0.05) is 32.4 Å². The third-order valence-electron chi connectivity index (χ3n) is 7.20. The van der Waals surface area contributed by atoms with Crippen molar-refractivity contribution in [1.29, 1.82) is 0 Å². The molecule has 3 aliphatic rings. The second kappa shape index (κ2) is 5.19. The summed E-state index contributed by atoms with van der Waals surface area (Å²) in [5.74, 6) is 1.35. The third-order valence-corrected chi connectivity index (χ3v) is 7.20. The van der Waals surface area contributed by atoms with Crippen LogP contribution in [0.1, 0.15) is 78.6 Å². The minimum Gasteiger partial charge on any atom is -0.390 e. The first-order chi connectivity index (χ1) is 10.2. The molecular weight excluding hydrogens is 272 g/mol. The van der Waals surface area contributed by atoms with E-state index in [-0.39, 0.29) is 10.8 Å². The second-order valence-electron chi connectivity index (χ2n) is 9.27. The molecule has 0 radical (unpaired) electrons. The molecule has 124 valence electrons. The molecule has 2 bridgehead atoms. The van der Waals surface area contributed by atoms with E-state index in [1.807, 2.05) is 6.92 Å². The molecule has 22 heavy (non-hydrogen) atoms. The number of allylic oxidation sites excluding steroid dienone is 1. The minimum absolute atomic E-state index is 0.135. The SMILES string of the molecule is C=C1C[C@@]2(CC[C@@H]3C(C)(C)CCC[C@@]3(C)O)C[C@@H]1CCC2=O. The van der Waals surface area contributed by atoms with Crippen molar-refractivity contribution in [2.75, 3.05) is 0 Å². The fourth-order valence-corrected chi connectivity index (χ4v) is 5.90. The monoisotopic (exact) mass is 304 g/mol. The summed E-state index contributed by atoms with van der Waals surface area (Å²) in [5, 5.41) is 10.9. The Morgan fingerprint density at radius 2 is 2.00 bits per heavy atom. The van der Waals surface area contributed by atoms with Crippen LogP contribution in [0.25, 0.3) is 0 Å². The van der Waals surface area contributed by atoms with Crippen molar-refractivity contribution in [3.05, 3.63) is 12.2 Å². The maximum atomic E-state index is 12.6. The van der Waals surface area contributed by atoms with Gasteiger partial charge in [-0.3, -0.25) is 4.79 Å². The minimum atomic E-state index is -0.578. The number of rotatable bonds is 3. The van der Waals surface area contributed by atoms with Crippen molar-refractivity contribution < 1.29 is 9.90 Å². The normalized spacial score (nSPS) is 44.4. The lowest BCUT2D eigenvalue weighted by Gasteiger charge is -2.49. The number of carbonyl (C=O) groups excluding carboxylic acids is 1. The van der Waals surface area contributed by atoms with Crippen molar-refractivity contribution in [3.63, 3.8) is 0 Å². The van der Waals surface area contributed by atoms with Gasteiger partial charge in [0.2, 0.25) is 0 Å². The van der Waals surface area contributed by atoms with Gasteiger partial charge in [0.05, 0.1) is 5.60 Å². The Kier molecular flexibility index (Phi) is 3.83. The number of aliphatic hydroxyl groups is 1. The molecule has 4 atom stereocenters. The number of Topliss-reactive ketones (excluding diaryl/α,β-unsaturated/α-hetero) is 1. The maximum Gasteiger partial charge on any atom is 0.139 e. The van der Waals surface area contributed by atoms with Gasteiger partial charge in [-0.05, 0) is 69.1 Å². The van der Waals surface area contributed by atoms with E-state index in [1.54, 1.807) is 0 Å². The number of hydrogen-bond acceptors (Lipinski definition) is 2. The lowest BCUT2D eigenvalue weighted by atomic mass is 9.58. The van der Waals surface area contributed by atoms with Gasteiger partial charge < -0.3 is 5.11 Å². The van der Waals surface area contributed by atoms with Crippen LogP contribution in [0, 0.1) is 22.7 Å². The molecule has 0 aromatic rings. The van der Waals surface area contributed by atoms with Crippen LogP contribution >= 0.6 is 0 Å². The van der Waals surface area contributed by atoms with Crippen molar-refractivity contribution in [3.8, 4) is 0 Å². The Labute approximate surface area is 135 Å². The molecule has 1 N–H and O–H groups in total. The largest absolute Gasteiger partial charge is 0.390 e. The Bertz CT molecular complexity index is 472. The summed E-state index contributed by atoms with van der Waals surface area (Å²) in [5.41, 5.74) is 0.764. The zero-order valence-corrected chi connectivity index (χ0v) is 14.6. The molecule has 0 spiro atoms. The van der Waals surface area contributed by atoms with Crippen LogP contribution in [-0.4, -0.2) is 16.5 Å². The predicted octanol–water partition coefficient (Wildman–Crippen LogP) is 4.66. The molecule has 3 aliphatic carbocycles. The van der Waals surface area contributed by atoms with Gasteiger partial charge in [0.1, 0.15) is 5.78 Å². The maximum absolute atomic E-state index is 12.6. The first-order valence-electron chi connectivity index (χ1n) is 9.10. The third kappa shape index (κ3) is 2.58. The Balaban J connectivity index is 1.76. The summed E-state index contributed by atoms with van der Waals surface area (Å²) in [6, 6.07) is 0. The van der Waals surface area contributed by atoms with Crippen LogP contribution in [0.5, 0.6) is 0 Å². The molecular formula is C20H32O2. The van der Waals surface area contributed by atoms with Gasteiger partial charge >= 0.3 is 0 Å². The lowest BCUT2D eigenvalue weighted by Crippen LogP contribution is -2.47. The molecule has 2 nitrogen and oxygen atoms in total. The number of ketones is 1. The smallest absolute Gasteiger partial charge is 0.139 e. The van der Waals surface area contributed by atoms with E-state index in [0.29, 0.717) is 17.6 Å². The molecule has 3 rings (SSSR count). The number of fused-ring (bicyclic) bond motifs is 2. The van der Waals surface area contributed by atoms with Gasteiger partial charge in [0, 0.05) is 11.8 Å². The fraction of sp³-hybridized carbons (Fsp3) is 0.850. The summed E-state index contributed by atoms with van der Waals surface area (Å²) < 4.78 is 0. The Morgan fingerprint density at radius 3 is 2.68 bits per heavy atom. The van der Waals surface area contributed by atoms with Gasteiger partial charge in [-0.15, -0.1) is 0 Å². The van der Waals surface area contributed by atoms with Crippen LogP contribution in [0.2, 0.25) is 0 Å². The van der Waals surface area contributed by atoms with Crippen LogP contribution in [0.3, 0.4) is 0 Å². The quantitative estimate of drug-likeness (QED) is 0.770. The highest BCUT2D eigenvalue weighted by molar-refractivity contribution is 5.87. The van der Waals surface area contributed by atoms with E-state index in [0.717, 1.165) is 51.4 Å². The number of carbonyl (C=O) groups is 1. The molecule has 3 saturated carbocycles. The summed E-state index contributed by atoms with van der Waals surface area (Å²) in [7, 11) is 0. The Hall–Kier alpha value is -0.630. The topological polar surface area (TPSA) is 37.3 Å². The van der Waals surface area contributed by atoms with Gasteiger partial charge in [-0.2, -0.15) is 0 Å². The second-order valence-corrected chi connectivity index (χ2v) is 9.27. The van der Waals surface area contributed by atoms with Crippen molar-refractivity contribution in [2.45, 2.75) is 84.2 Å². The van der Waals surface area contributed by atoms with Crippen LogP contribution in [0.4, 0.5) is 0 Å². The van der Waals surface area contributed by atoms with E-state index in [4.69, 9.17) is 0 Å². The molecule has 0 saturated heterocycles. The van der Waals surface area contributed by atoms with Gasteiger partial charge in [-0.25, -0.2) is 0 Å². The predicted molar refractivity (Wildman–Crippen MR) is 89.5 cm³/mol. The average Bonchev–Trinajstić information content (AvgIpc) is 2.66. The molecule has 0 unspecified atom stereocenters. The van der Waals surface area contributed by atoms with E-state index >= 15 is 0 Å². The van der Waals surface area contributed by atoms with Crippen LogP contribution < -0.4 is 0 Å². The summed E-state index contributed by atoms with van der Waals surface area (Å²) >= 11 is 0. The van der Waals surface area contributed by atoms with Crippen molar-refractivity contribution in [2.24, 2.45) is 22.7 Å². The first kappa shape index (κ1) is 16.2. The summed E-state index contributed by atoms with van der Waals surface area (Å²) in [6.07, 6.45) is 8.82. The molecule has 2 heteroatoms. The first-order valence-corrected chi connectivity index (χ1v) is 9.10. The van der Waals surface area contributed by atoms with Crippen molar-refractivity contribution in [1.82, 2.24) is 0 Å². The van der Waals surface area contributed by atoms with Crippen LogP contribution in [-0.2, 0) is 4.79 Å². The highest BCUT2D eigenvalue weighted by Gasteiger charge is 2.52. The fourth-order valence-electron chi connectivity index (χ4n) is 5.90. The standard InChI is InChI=1S/C20H32O2/c1-14-12-20(13-15(14)6-7-17(20)21)11-8-16-18(2,3)9-5-10-19(16,4)22/h15-16,22H,1,5-13H2,2-4H3/t15-,16+,19+,20-/m0/s1. The highest BCUT2D eigenvalue weighted by Crippen LogP contribution is 2.56. The van der Waals surface area contributed by atoms with E-state index < -0.39 is 5.60 Å². The average molecular weight is 304 g/mol. The van der Waals surface area contributed by atoms with E-state index in [1.165, 1.54) is 12.0 Å². The summed E-state index contributed by atoms with van der Waals surface area (Å²) in [6.45, 7) is 10.8. The molecule has 3 fully saturated rings. The summed E-state index contributed by atoms with van der Waals surface area (Å²) in [4.78, 5) is 12.6. The molecule has 0 aromatic carbocycles.